The molecular formula is C15H23ClN2O2. The van der Waals surface area contributed by atoms with Crippen molar-refractivity contribution in [2.24, 2.45) is 11.8 Å². The number of amides is 1. The molecule has 0 radical (unpaired) electrons. The minimum Gasteiger partial charge on any atom is -0.489 e. The number of rotatable bonds is 6. The second kappa shape index (κ2) is 8.12. The molecule has 2 N–H and O–H groups in total. The summed E-state index contributed by atoms with van der Waals surface area (Å²) in [6.45, 7) is 6.39. The minimum atomic E-state index is -0.0296. The van der Waals surface area contributed by atoms with E-state index >= 15 is 0 Å². The quantitative estimate of drug-likeness (QED) is 0.843. The van der Waals surface area contributed by atoms with Crippen LogP contribution in [0.25, 0.3) is 0 Å². The zero-order chi connectivity index (χ0) is 13.7. The fourth-order valence-corrected chi connectivity index (χ4v) is 2.06. The molecule has 1 aliphatic rings. The molecule has 4 nitrogen and oxygen atoms in total. The molecule has 2 unspecified atom stereocenters. The average molecular weight is 299 g/mol. The van der Waals surface area contributed by atoms with Gasteiger partial charge < -0.3 is 15.4 Å². The van der Waals surface area contributed by atoms with Crippen LogP contribution in [0.2, 0.25) is 0 Å². The van der Waals surface area contributed by atoms with Crippen LogP contribution in [-0.2, 0) is 4.79 Å². The maximum absolute atomic E-state index is 11.9. The van der Waals surface area contributed by atoms with Crippen LogP contribution in [0.3, 0.4) is 0 Å². The summed E-state index contributed by atoms with van der Waals surface area (Å²) in [6, 6.07) is 9.66. The molecule has 1 aliphatic heterocycles. The van der Waals surface area contributed by atoms with Crippen molar-refractivity contribution in [2.45, 2.75) is 20.0 Å². The Morgan fingerprint density at radius 2 is 2.00 bits per heavy atom. The van der Waals surface area contributed by atoms with Crippen molar-refractivity contribution >= 4 is 18.3 Å². The molecule has 112 valence electrons. The van der Waals surface area contributed by atoms with E-state index in [1.54, 1.807) is 0 Å². The lowest BCUT2D eigenvalue weighted by atomic mass is 9.88. The number of para-hydroxylation sites is 1. The van der Waals surface area contributed by atoms with Gasteiger partial charge >= 0.3 is 0 Å². The van der Waals surface area contributed by atoms with E-state index in [1.165, 1.54) is 0 Å². The highest BCUT2D eigenvalue weighted by Crippen LogP contribution is 2.16. The van der Waals surface area contributed by atoms with E-state index in [0.29, 0.717) is 12.5 Å². The standard InChI is InChI=1S/C15H22N2O2.ClH/c1-11(19-14-6-4-3-5-7-14)8-17-15(18)12(2)13-9-16-10-13;/h3-7,11-13,16H,8-10H2,1-2H3,(H,17,18);1H. The Morgan fingerprint density at radius 1 is 1.35 bits per heavy atom. The van der Waals surface area contributed by atoms with E-state index < -0.39 is 0 Å². The van der Waals surface area contributed by atoms with Gasteiger partial charge in [-0.2, -0.15) is 0 Å². The highest BCUT2D eigenvalue weighted by atomic mass is 35.5. The molecule has 0 saturated carbocycles. The maximum Gasteiger partial charge on any atom is 0.223 e. The normalized spacial score (nSPS) is 17.3. The van der Waals surface area contributed by atoms with Gasteiger partial charge in [0, 0.05) is 5.92 Å². The van der Waals surface area contributed by atoms with Gasteiger partial charge in [-0.15, -0.1) is 12.4 Å². The van der Waals surface area contributed by atoms with Gasteiger partial charge in [-0.05, 0) is 38.1 Å². The molecule has 1 heterocycles. The van der Waals surface area contributed by atoms with Crippen LogP contribution in [0.4, 0.5) is 0 Å². The first kappa shape index (κ1) is 16.8. The second-order valence-corrected chi connectivity index (χ2v) is 5.19. The SMILES string of the molecule is CC(CNC(=O)C(C)C1CNC1)Oc1ccccc1.Cl. The Labute approximate surface area is 126 Å². The summed E-state index contributed by atoms with van der Waals surface area (Å²) >= 11 is 0. The van der Waals surface area contributed by atoms with Crippen LogP contribution in [0.5, 0.6) is 5.75 Å². The Hall–Kier alpha value is -1.26. The van der Waals surface area contributed by atoms with Crippen molar-refractivity contribution in [1.82, 2.24) is 10.6 Å². The number of ether oxygens (including phenoxy) is 1. The van der Waals surface area contributed by atoms with Gasteiger partial charge in [0.15, 0.2) is 0 Å². The number of halogens is 1. The van der Waals surface area contributed by atoms with E-state index in [1.807, 2.05) is 44.2 Å². The van der Waals surface area contributed by atoms with Crippen LogP contribution >= 0.6 is 12.4 Å². The molecule has 2 atom stereocenters. The zero-order valence-corrected chi connectivity index (χ0v) is 12.8. The monoisotopic (exact) mass is 298 g/mol. The lowest BCUT2D eigenvalue weighted by Crippen LogP contribution is -2.50. The van der Waals surface area contributed by atoms with Gasteiger partial charge in [0.2, 0.25) is 5.91 Å². The van der Waals surface area contributed by atoms with Gasteiger partial charge in [-0.1, -0.05) is 25.1 Å². The van der Waals surface area contributed by atoms with Crippen molar-refractivity contribution in [3.8, 4) is 5.75 Å². The zero-order valence-electron chi connectivity index (χ0n) is 12.0. The largest absolute Gasteiger partial charge is 0.489 e. The van der Waals surface area contributed by atoms with Crippen molar-refractivity contribution in [3.63, 3.8) is 0 Å². The van der Waals surface area contributed by atoms with E-state index in [4.69, 9.17) is 4.74 Å². The Bertz CT molecular complexity index is 410. The van der Waals surface area contributed by atoms with E-state index in [9.17, 15) is 4.79 Å². The first-order chi connectivity index (χ1) is 9.16. The minimum absolute atomic E-state index is 0. The molecule has 1 aromatic carbocycles. The summed E-state index contributed by atoms with van der Waals surface area (Å²) < 4.78 is 5.72. The van der Waals surface area contributed by atoms with Gasteiger partial charge in [0.25, 0.3) is 0 Å². The second-order valence-electron chi connectivity index (χ2n) is 5.19. The van der Waals surface area contributed by atoms with Crippen LogP contribution in [0.15, 0.2) is 30.3 Å². The predicted molar refractivity (Wildman–Crippen MR) is 82.3 cm³/mol. The summed E-state index contributed by atoms with van der Waals surface area (Å²) in [4.78, 5) is 11.9. The molecular weight excluding hydrogens is 276 g/mol. The molecule has 1 saturated heterocycles. The van der Waals surface area contributed by atoms with E-state index in [0.717, 1.165) is 18.8 Å². The Balaban J connectivity index is 0.00000200. The Kier molecular flexibility index (Phi) is 6.82. The smallest absolute Gasteiger partial charge is 0.223 e. The van der Waals surface area contributed by atoms with Crippen LogP contribution in [-0.4, -0.2) is 31.6 Å². The molecule has 20 heavy (non-hydrogen) atoms. The van der Waals surface area contributed by atoms with Gasteiger partial charge in [0.05, 0.1) is 6.54 Å². The first-order valence-corrected chi connectivity index (χ1v) is 6.87. The first-order valence-electron chi connectivity index (χ1n) is 6.87. The van der Waals surface area contributed by atoms with Gasteiger partial charge in [0.1, 0.15) is 11.9 Å². The molecule has 0 spiro atoms. The molecule has 0 bridgehead atoms. The Morgan fingerprint density at radius 3 is 2.55 bits per heavy atom. The average Bonchev–Trinajstić information content (AvgIpc) is 2.35. The number of carbonyl (C=O) groups excluding carboxylic acids is 1. The van der Waals surface area contributed by atoms with Gasteiger partial charge in [-0.25, -0.2) is 0 Å². The third-order valence-corrected chi connectivity index (χ3v) is 3.58. The summed E-state index contributed by atoms with van der Waals surface area (Å²) in [5.41, 5.74) is 0. The molecule has 5 heteroatoms. The number of hydrogen-bond donors (Lipinski definition) is 2. The molecule has 2 rings (SSSR count). The lowest BCUT2D eigenvalue weighted by molar-refractivity contribution is -0.127. The van der Waals surface area contributed by atoms with Crippen LogP contribution in [0, 0.1) is 11.8 Å². The van der Waals surface area contributed by atoms with E-state index in [2.05, 4.69) is 10.6 Å². The molecule has 1 fully saturated rings. The topological polar surface area (TPSA) is 50.4 Å². The number of hydrogen-bond acceptors (Lipinski definition) is 3. The number of nitrogens with one attached hydrogen (secondary N) is 2. The summed E-state index contributed by atoms with van der Waals surface area (Å²) in [5, 5.41) is 6.15. The number of benzene rings is 1. The van der Waals surface area contributed by atoms with Crippen LogP contribution < -0.4 is 15.4 Å². The fraction of sp³-hybridized carbons (Fsp3) is 0.533. The third kappa shape index (κ3) is 4.69. The maximum atomic E-state index is 11.9. The fourth-order valence-electron chi connectivity index (χ4n) is 2.06. The van der Waals surface area contributed by atoms with Crippen molar-refractivity contribution in [2.75, 3.05) is 19.6 Å². The van der Waals surface area contributed by atoms with Crippen LogP contribution in [0.1, 0.15) is 13.8 Å². The van der Waals surface area contributed by atoms with Crippen molar-refractivity contribution < 1.29 is 9.53 Å². The predicted octanol–water partition coefficient (Wildman–Crippen LogP) is 1.85. The summed E-state index contributed by atoms with van der Waals surface area (Å²) in [7, 11) is 0. The molecule has 1 amide bonds. The van der Waals surface area contributed by atoms with Crippen molar-refractivity contribution in [1.29, 1.82) is 0 Å². The molecule has 0 aromatic heterocycles. The number of carbonyl (C=O) groups is 1. The van der Waals surface area contributed by atoms with E-state index in [-0.39, 0.29) is 30.3 Å². The third-order valence-electron chi connectivity index (χ3n) is 3.58. The highest BCUT2D eigenvalue weighted by molar-refractivity contribution is 5.85. The molecule has 1 aromatic rings. The molecule has 0 aliphatic carbocycles. The summed E-state index contributed by atoms with van der Waals surface area (Å²) in [6.07, 6.45) is -0.0296. The highest BCUT2D eigenvalue weighted by Gasteiger charge is 2.28. The summed E-state index contributed by atoms with van der Waals surface area (Å²) in [5.74, 6) is 1.51. The lowest BCUT2D eigenvalue weighted by Gasteiger charge is -2.32. The van der Waals surface area contributed by atoms with Gasteiger partial charge in [-0.3, -0.25) is 4.79 Å². The van der Waals surface area contributed by atoms with Crippen molar-refractivity contribution in [3.05, 3.63) is 30.3 Å².